The third kappa shape index (κ3) is 3.37. The van der Waals surface area contributed by atoms with Gasteiger partial charge in [-0.25, -0.2) is 0 Å². The van der Waals surface area contributed by atoms with Crippen LogP contribution in [0.3, 0.4) is 0 Å². The van der Waals surface area contributed by atoms with E-state index in [1.165, 1.54) is 12.1 Å². The number of hydrogen-bond acceptors (Lipinski definition) is 4. The van der Waals surface area contributed by atoms with E-state index in [1.54, 1.807) is 19.9 Å². The Hall–Kier alpha value is -1.85. The largest absolute Gasteiger partial charge is 0.586 e. The molecule has 4 nitrogen and oxygen atoms in total. The molecule has 0 bridgehead atoms. The first-order valence-corrected chi connectivity index (χ1v) is 6.46. The first-order valence-electron chi connectivity index (χ1n) is 6.46. The molecule has 1 aliphatic rings. The van der Waals surface area contributed by atoms with Gasteiger partial charge in [0.15, 0.2) is 11.5 Å². The highest BCUT2D eigenvalue weighted by Gasteiger charge is 2.43. The zero-order valence-electron chi connectivity index (χ0n) is 11.3. The van der Waals surface area contributed by atoms with Gasteiger partial charge in [0, 0.05) is 0 Å². The quantitative estimate of drug-likeness (QED) is 0.780. The van der Waals surface area contributed by atoms with Crippen LogP contribution in [-0.2, 0) is 16.0 Å². The molecule has 1 unspecified atom stereocenters. The molecular formula is C14H16F2O4. The molecule has 110 valence electrons. The zero-order valence-corrected chi connectivity index (χ0v) is 11.3. The number of halogens is 2. The highest BCUT2D eigenvalue weighted by molar-refractivity contribution is 5.71. The molecule has 0 saturated carbocycles. The summed E-state index contributed by atoms with van der Waals surface area (Å²) in [6.45, 7) is 3.88. The van der Waals surface area contributed by atoms with E-state index in [9.17, 15) is 13.6 Å². The molecule has 0 radical (unpaired) electrons. The van der Waals surface area contributed by atoms with Crippen LogP contribution < -0.4 is 9.47 Å². The van der Waals surface area contributed by atoms with Crippen LogP contribution in [0, 0.1) is 5.92 Å². The molecule has 0 spiro atoms. The number of ether oxygens (including phenoxy) is 3. The summed E-state index contributed by atoms with van der Waals surface area (Å²) in [4.78, 5) is 11.5. The average Bonchev–Trinajstić information content (AvgIpc) is 2.69. The van der Waals surface area contributed by atoms with Gasteiger partial charge in [0.05, 0.1) is 12.5 Å². The topological polar surface area (TPSA) is 44.8 Å². The van der Waals surface area contributed by atoms with Crippen LogP contribution in [0.1, 0.15) is 25.8 Å². The number of esters is 1. The Balaban J connectivity index is 1.94. The van der Waals surface area contributed by atoms with Gasteiger partial charge in [-0.1, -0.05) is 13.0 Å². The van der Waals surface area contributed by atoms with Crippen molar-refractivity contribution in [3.63, 3.8) is 0 Å². The maximum absolute atomic E-state index is 12.9. The van der Waals surface area contributed by atoms with Crippen LogP contribution in [0.25, 0.3) is 0 Å². The van der Waals surface area contributed by atoms with E-state index in [-0.39, 0.29) is 23.4 Å². The fourth-order valence-electron chi connectivity index (χ4n) is 1.93. The zero-order chi connectivity index (χ0) is 14.8. The second-order valence-electron chi connectivity index (χ2n) is 4.64. The lowest BCUT2D eigenvalue weighted by molar-refractivity contribution is -0.286. The molecule has 0 aliphatic carbocycles. The molecule has 0 aromatic heterocycles. The van der Waals surface area contributed by atoms with Crippen LogP contribution in [0.15, 0.2) is 18.2 Å². The number of fused-ring (bicyclic) bond motifs is 1. The lowest BCUT2D eigenvalue weighted by Crippen LogP contribution is -2.25. The van der Waals surface area contributed by atoms with E-state index in [4.69, 9.17) is 4.74 Å². The summed E-state index contributed by atoms with van der Waals surface area (Å²) in [6, 6.07) is 4.64. The maximum atomic E-state index is 12.9. The summed E-state index contributed by atoms with van der Waals surface area (Å²) in [5.41, 5.74) is 0.807. The molecule has 6 heteroatoms. The number of benzene rings is 1. The van der Waals surface area contributed by atoms with Gasteiger partial charge in [0.2, 0.25) is 0 Å². The lowest BCUT2D eigenvalue weighted by atomic mass is 10.0. The molecule has 1 aromatic carbocycles. The fourth-order valence-corrected chi connectivity index (χ4v) is 1.93. The van der Waals surface area contributed by atoms with E-state index < -0.39 is 6.29 Å². The Labute approximate surface area is 115 Å². The molecule has 1 heterocycles. The molecule has 0 N–H and O–H groups in total. The van der Waals surface area contributed by atoms with Crippen LogP contribution >= 0.6 is 0 Å². The number of hydrogen-bond donors (Lipinski definition) is 0. The molecule has 0 amide bonds. The third-order valence-corrected chi connectivity index (χ3v) is 3.02. The molecule has 1 aliphatic heterocycles. The van der Waals surface area contributed by atoms with E-state index in [1.807, 2.05) is 0 Å². The van der Waals surface area contributed by atoms with Gasteiger partial charge in [-0.2, -0.15) is 0 Å². The predicted molar refractivity (Wildman–Crippen MR) is 66.8 cm³/mol. The maximum Gasteiger partial charge on any atom is 0.586 e. The highest BCUT2D eigenvalue weighted by Crippen LogP contribution is 2.41. The summed E-state index contributed by atoms with van der Waals surface area (Å²) >= 11 is 0. The van der Waals surface area contributed by atoms with Crippen molar-refractivity contribution in [2.75, 3.05) is 6.61 Å². The number of rotatable bonds is 5. The van der Waals surface area contributed by atoms with Crippen molar-refractivity contribution in [1.82, 2.24) is 0 Å². The number of aryl methyl sites for hydroxylation is 1. The first kappa shape index (κ1) is 14.6. The van der Waals surface area contributed by atoms with Gasteiger partial charge in [-0.05, 0) is 37.5 Å². The molecule has 0 fully saturated rings. The van der Waals surface area contributed by atoms with Gasteiger partial charge >= 0.3 is 12.3 Å². The van der Waals surface area contributed by atoms with Crippen LogP contribution in [0.5, 0.6) is 11.5 Å². The molecule has 1 aromatic rings. The minimum Gasteiger partial charge on any atom is -0.466 e. The Morgan fingerprint density at radius 1 is 1.35 bits per heavy atom. The summed E-state index contributed by atoms with van der Waals surface area (Å²) in [6.07, 6.45) is -2.45. The van der Waals surface area contributed by atoms with Gasteiger partial charge < -0.3 is 14.2 Å². The van der Waals surface area contributed by atoms with Crippen molar-refractivity contribution >= 4 is 5.97 Å². The Morgan fingerprint density at radius 3 is 2.75 bits per heavy atom. The summed E-state index contributed by atoms with van der Waals surface area (Å²) in [7, 11) is 0. The Bertz CT molecular complexity index is 502. The summed E-state index contributed by atoms with van der Waals surface area (Å²) < 4.78 is 39.3. The minimum atomic E-state index is -3.60. The third-order valence-electron chi connectivity index (χ3n) is 3.02. The number of carbonyl (C=O) groups is 1. The van der Waals surface area contributed by atoms with Crippen molar-refractivity contribution in [2.24, 2.45) is 5.92 Å². The fraction of sp³-hybridized carbons (Fsp3) is 0.500. The minimum absolute atomic E-state index is 0.0243. The van der Waals surface area contributed by atoms with Crippen molar-refractivity contribution < 1.29 is 27.8 Å². The van der Waals surface area contributed by atoms with E-state index in [2.05, 4.69) is 9.47 Å². The van der Waals surface area contributed by atoms with Crippen molar-refractivity contribution in [1.29, 1.82) is 0 Å². The van der Waals surface area contributed by atoms with Crippen LogP contribution in [-0.4, -0.2) is 18.9 Å². The molecule has 0 saturated heterocycles. The number of alkyl halides is 2. The second-order valence-corrected chi connectivity index (χ2v) is 4.64. The normalized spacial score (nSPS) is 16.8. The standard InChI is InChI=1S/C14H16F2O4/c1-3-18-13(17)9(2)4-5-10-6-7-11-12(8-10)20-14(15,16)19-11/h6-9H,3-5H2,1-2H3. The Morgan fingerprint density at radius 2 is 2.05 bits per heavy atom. The van der Waals surface area contributed by atoms with E-state index in [0.717, 1.165) is 5.56 Å². The molecule has 1 atom stereocenters. The predicted octanol–water partition coefficient (Wildman–Crippen LogP) is 3.14. The summed E-state index contributed by atoms with van der Waals surface area (Å²) in [5, 5.41) is 0. The van der Waals surface area contributed by atoms with Crippen molar-refractivity contribution in [2.45, 2.75) is 33.0 Å². The monoisotopic (exact) mass is 286 g/mol. The number of carbonyl (C=O) groups excluding carboxylic acids is 1. The van der Waals surface area contributed by atoms with Crippen molar-refractivity contribution in [3.05, 3.63) is 23.8 Å². The molecule has 20 heavy (non-hydrogen) atoms. The van der Waals surface area contributed by atoms with Crippen LogP contribution in [0.4, 0.5) is 8.78 Å². The van der Waals surface area contributed by atoms with E-state index >= 15 is 0 Å². The van der Waals surface area contributed by atoms with Gasteiger partial charge in [0.1, 0.15) is 0 Å². The van der Waals surface area contributed by atoms with Crippen LogP contribution in [0.2, 0.25) is 0 Å². The molecular weight excluding hydrogens is 270 g/mol. The second kappa shape index (κ2) is 5.64. The van der Waals surface area contributed by atoms with Crippen molar-refractivity contribution in [3.8, 4) is 11.5 Å². The van der Waals surface area contributed by atoms with Gasteiger partial charge in [-0.3, -0.25) is 4.79 Å². The molecule has 2 rings (SSSR count). The van der Waals surface area contributed by atoms with Gasteiger partial charge in [-0.15, -0.1) is 8.78 Å². The SMILES string of the molecule is CCOC(=O)C(C)CCc1ccc2c(c1)OC(F)(F)O2. The smallest absolute Gasteiger partial charge is 0.466 e. The Kier molecular flexibility index (Phi) is 4.11. The first-order chi connectivity index (χ1) is 9.41. The average molecular weight is 286 g/mol. The van der Waals surface area contributed by atoms with E-state index in [0.29, 0.717) is 19.4 Å². The highest BCUT2D eigenvalue weighted by atomic mass is 19.3. The lowest BCUT2D eigenvalue weighted by Gasteiger charge is -2.10. The van der Waals surface area contributed by atoms with Gasteiger partial charge in [0.25, 0.3) is 0 Å². The summed E-state index contributed by atoms with van der Waals surface area (Å²) in [5.74, 6) is -0.435.